The Balaban J connectivity index is 1.58. The lowest BCUT2D eigenvalue weighted by Gasteiger charge is -2.02. The van der Waals surface area contributed by atoms with Gasteiger partial charge in [0.25, 0.3) is 5.56 Å². The highest BCUT2D eigenvalue weighted by Gasteiger charge is 2.25. The quantitative estimate of drug-likeness (QED) is 0.860. The third kappa shape index (κ3) is 2.55. The second-order valence-corrected chi connectivity index (χ2v) is 5.06. The largest absolute Gasteiger partial charge is 0.299 e. The first kappa shape index (κ1) is 11.3. The topological polar surface area (TPSA) is 37.8 Å². The zero-order valence-corrected chi connectivity index (χ0v) is 10.4. The molecule has 0 amide bonds. The molecule has 0 radical (unpaired) electrons. The molecule has 2 aromatic rings. The summed E-state index contributed by atoms with van der Waals surface area (Å²) in [7, 11) is 0. The molecule has 3 nitrogen and oxygen atoms in total. The van der Waals surface area contributed by atoms with Gasteiger partial charge in [-0.1, -0.05) is 30.3 Å². The average Bonchev–Trinajstić information content (AvgIpc) is 3.17. The molecule has 0 saturated heterocycles. The van der Waals surface area contributed by atoms with Gasteiger partial charge < -0.3 is 0 Å². The van der Waals surface area contributed by atoms with Crippen molar-refractivity contribution in [2.45, 2.75) is 38.1 Å². The minimum atomic E-state index is 0.116. The molecule has 3 heteroatoms. The molecule has 1 aromatic carbocycles. The molecular weight excluding hydrogens is 224 g/mol. The fraction of sp³-hybridized carbons (Fsp3) is 0.400. The number of aromatic nitrogens is 2. The van der Waals surface area contributed by atoms with Crippen LogP contribution in [-0.4, -0.2) is 9.78 Å². The van der Waals surface area contributed by atoms with Crippen LogP contribution in [0.3, 0.4) is 0 Å². The molecule has 1 saturated carbocycles. The Morgan fingerprint density at radius 1 is 1.22 bits per heavy atom. The molecule has 1 N–H and O–H groups in total. The SMILES string of the molecule is O=c1cc(C2CC2)[nH]n1CCCc1ccccc1. The number of benzene rings is 1. The van der Waals surface area contributed by atoms with Crippen LogP contribution in [0.1, 0.15) is 36.4 Å². The molecular formula is C15H18N2O. The standard InChI is InChI=1S/C15H18N2O/c18-15-11-14(13-8-9-13)16-17(15)10-4-7-12-5-2-1-3-6-12/h1-3,5-6,11,13,16H,4,7-10H2. The fourth-order valence-electron chi connectivity index (χ4n) is 2.31. The minimum Gasteiger partial charge on any atom is -0.299 e. The number of aromatic amines is 1. The summed E-state index contributed by atoms with van der Waals surface area (Å²) in [6, 6.07) is 12.2. The molecule has 94 valence electrons. The molecule has 1 aliphatic carbocycles. The van der Waals surface area contributed by atoms with Crippen LogP contribution in [0.5, 0.6) is 0 Å². The van der Waals surface area contributed by atoms with Gasteiger partial charge >= 0.3 is 0 Å². The Bertz CT molecular complexity index is 564. The number of hydrogen-bond acceptors (Lipinski definition) is 1. The van der Waals surface area contributed by atoms with Crippen LogP contribution in [0.25, 0.3) is 0 Å². The molecule has 0 spiro atoms. The van der Waals surface area contributed by atoms with Crippen LogP contribution in [0.4, 0.5) is 0 Å². The molecule has 1 fully saturated rings. The van der Waals surface area contributed by atoms with Gasteiger partial charge in [0.05, 0.1) is 0 Å². The van der Waals surface area contributed by atoms with Crippen LogP contribution < -0.4 is 5.56 Å². The van der Waals surface area contributed by atoms with E-state index >= 15 is 0 Å². The Morgan fingerprint density at radius 2 is 2.00 bits per heavy atom. The first-order valence-electron chi connectivity index (χ1n) is 6.66. The van der Waals surface area contributed by atoms with Crippen molar-refractivity contribution in [3.8, 4) is 0 Å². The van der Waals surface area contributed by atoms with Crippen LogP contribution in [0.2, 0.25) is 0 Å². The smallest absolute Gasteiger partial charge is 0.266 e. The van der Waals surface area contributed by atoms with Crippen molar-refractivity contribution in [1.29, 1.82) is 0 Å². The summed E-state index contributed by atoms with van der Waals surface area (Å²) in [6.45, 7) is 0.778. The summed E-state index contributed by atoms with van der Waals surface area (Å²) >= 11 is 0. The number of nitrogens with one attached hydrogen (secondary N) is 1. The lowest BCUT2D eigenvalue weighted by atomic mass is 10.1. The van der Waals surface area contributed by atoms with Gasteiger partial charge in [-0.2, -0.15) is 0 Å². The van der Waals surface area contributed by atoms with Crippen molar-refractivity contribution in [2.24, 2.45) is 0 Å². The Morgan fingerprint density at radius 3 is 2.72 bits per heavy atom. The molecule has 1 aliphatic rings. The number of rotatable bonds is 5. The third-order valence-electron chi connectivity index (χ3n) is 3.52. The first-order chi connectivity index (χ1) is 8.83. The number of nitrogens with zero attached hydrogens (tertiary/aromatic N) is 1. The zero-order valence-electron chi connectivity index (χ0n) is 10.4. The average molecular weight is 242 g/mol. The molecule has 0 aliphatic heterocycles. The third-order valence-corrected chi connectivity index (χ3v) is 3.52. The normalized spacial score (nSPS) is 14.9. The Hall–Kier alpha value is -1.77. The molecule has 0 bridgehead atoms. The van der Waals surface area contributed by atoms with E-state index in [0.717, 1.165) is 25.1 Å². The molecule has 0 atom stereocenters. The predicted molar refractivity (Wildman–Crippen MR) is 71.8 cm³/mol. The van der Waals surface area contributed by atoms with Gasteiger partial charge in [0.1, 0.15) is 0 Å². The van der Waals surface area contributed by atoms with E-state index in [1.54, 1.807) is 10.7 Å². The van der Waals surface area contributed by atoms with Gasteiger partial charge in [-0.25, -0.2) is 0 Å². The highest BCUT2D eigenvalue weighted by molar-refractivity contribution is 5.15. The van der Waals surface area contributed by atoms with E-state index in [1.807, 2.05) is 6.07 Å². The summed E-state index contributed by atoms with van der Waals surface area (Å²) in [4.78, 5) is 11.7. The Labute approximate surface area is 106 Å². The lowest BCUT2D eigenvalue weighted by Crippen LogP contribution is -2.16. The van der Waals surface area contributed by atoms with Gasteiger partial charge in [0, 0.05) is 24.2 Å². The van der Waals surface area contributed by atoms with Gasteiger partial charge in [0.15, 0.2) is 0 Å². The van der Waals surface area contributed by atoms with Crippen LogP contribution in [0, 0.1) is 0 Å². The highest BCUT2D eigenvalue weighted by Crippen LogP contribution is 2.38. The van der Waals surface area contributed by atoms with E-state index in [4.69, 9.17) is 0 Å². The van der Waals surface area contributed by atoms with Crippen molar-refractivity contribution >= 4 is 0 Å². The zero-order chi connectivity index (χ0) is 12.4. The summed E-state index contributed by atoms with van der Waals surface area (Å²) < 4.78 is 1.75. The van der Waals surface area contributed by atoms with E-state index in [-0.39, 0.29) is 5.56 Å². The van der Waals surface area contributed by atoms with Crippen molar-refractivity contribution in [3.63, 3.8) is 0 Å². The number of aryl methyl sites for hydroxylation is 2. The molecule has 1 heterocycles. The van der Waals surface area contributed by atoms with Crippen LogP contribution >= 0.6 is 0 Å². The van der Waals surface area contributed by atoms with E-state index in [0.29, 0.717) is 5.92 Å². The molecule has 18 heavy (non-hydrogen) atoms. The van der Waals surface area contributed by atoms with Crippen molar-refractivity contribution in [2.75, 3.05) is 0 Å². The van der Waals surface area contributed by atoms with E-state index in [1.165, 1.54) is 18.4 Å². The van der Waals surface area contributed by atoms with Gasteiger partial charge in [0.2, 0.25) is 0 Å². The second kappa shape index (κ2) is 4.84. The lowest BCUT2D eigenvalue weighted by molar-refractivity contribution is 0.557. The van der Waals surface area contributed by atoms with Gasteiger partial charge in [-0.05, 0) is 31.2 Å². The summed E-state index contributed by atoms with van der Waals surface area (Å²) in [5, 5.41) is 3.23. The molecule has 3 rings (SSSR count). The second-order valence-electron chi connectivity index (χ2n) is 5.06. The van der Waals surface area contributed by atoms with E-state index in [2.05, 4.69) is 29.4 Å². The maximum absolute atomic E-state index is 11.7. The minimum absolute atomic E-state index is 0.116. The summed E-state index contributed by atoms with van der Waals surface area (Å²) in [5.41, 5.74) is 2.57. The summed E-state index contributed by atoms with van der Waals surface area (Å²) in [6.07, 6.45) is 4.47. The molecule has 1 aromatic heterocycles. The maximum Gasteiger partial charge on any atom is 0.266 e. The predicted octanol–water partition coefficient (Wildman–Crippen LogP) is 2.69. The van der Waals surface area contributed by atoms with Crippen LogP contribution in [-0.2, 0) is 13.0 Å². The molecule has 0 unspecified atom stereocenters. The number of H-pyrrole nitrogens is 1. The van der Waals surface area contributed by atoms with Crippen molar-refractivity contribution in [1.82, 2.24) is 9.78 Å². The van der Waals surface area contributed by atoms with Gasteiger partial charge in [-0.15, -0.1) is 0 Å². The first-order valence-corrected chi connectivity index (χ1v) is 6.66. The van der Waals surface area contributed by atoms with E-state index < -0.39 is 0 Å². The van der Waals surface area contributed by atoms with E-state index in [9.17, 15) is 4.79 Å². The van der Waals surface area contributed by atoms with Crippen LogP contribution in [0.15, 0.2) is 41.2 Å². The highest BCUT2D eigenvalue weighted by atomic mass is 16.1. The Kier molecular flexibility index (Phi) is 3.05. The summed E-state index contributed by atoms with van der Waals surface area (Å²) in [5.74, 6) is 0.619. The fourth-order valence-corrected chi connectivity index (χ4v) is 2.31. The monoisotopic (exact) mass is 242 g/mol. The van der Waals surface area contributed by atoms with Crippen molar-refractivity contribution in [3.05, 3.63) is 58.0 Å². The maximum atomic E-state index is 11.7. The van der Waals surface area contributed by atoms with Crippen molar-refractivity contribution < 1.29 is 0 Å². The number of hydrogen-bond donors (Lipinski definition) is 1. The van der Waals surface area contributed by atoms with Gasteiger partial charge in [-0.3, -0.25) is 14.6 Å².